The zero-order chi connectivity index (χ0) is 25.2. The van der Waals surface area contributed by atoms with E-state index in [1.165, 1.54) is 32.4 Å². The third kappa shape index (κ3) is 4.54. The fraction of sp³-hybridized carbons (Fsp3) is 0.440. The molecule has 35 heavy (non-hydrogen) atoms. The number of nitrogens with zero attached hydrogens (tertiary/aromatic N) is 2. The summed E-state index contributed by atoms with van der Waals surface area (Å²) in [4.78, 5) is 25.5. The Morgan fingerprint density at radius 3 is 2.34 bits per heavy atom. The molecule has 9 nitrogen and oxygen atoms in total. The molecule has 1 aliphatic rings. The molecule has 0 saturated heterocycles. The van der Waals surface area contributed by atoms with Gasteiger partial charge in [0.25, 0.3) is 10.0 Å². The van der Waals surface area contributed by atoms with Crippen molar-refractivity contribution in [2.75, 3.05) is 20.8 Å². The van der Waals surface area contributed by atoms with Crippen LogP contribution in [0.25, 0.3) is 11.0 Å². The number of carbonyl (C=O) groups is 1. The number of imidazole rings is 1. The van der Waals surface area contributed by atoms with E-state index in [0.717, 1.165) is 42.5 Å². The number of hydrogen-bond donors (Lipinski definition) is 0. The predicted octanol–water partition coefficient (Wildman–Crippen LogP) is 4.13. The van der Waals surface area contributed by atoms with E-state index in [1.54, 1.807) is 22.8 Å². The normalized spacial score (nSPS) is 15.1. The lowest BCUT2D eigenvalue weighted by Gasteiger charge is -2.16. The summed E-state index contributed by atoms with van der Waals surface area (Å²) in [7, 11) is -1.83. The van der Waals surface area contributed by atoms with Gasteiger partial charge in [-0.1, -0.05) is 25.7 Å². The molecule has 0 unspecified atom stereocenters. The molecule has 1 saturated carbocycles. The maximum Gasteiger partial charge on any atom is 0.343 e. The lowest BCUT2D eigenvalue weighted by atomic mass is 10.1. The molecule has 188 valence electrons. The summed E-state index contributed by atoms with van der Waals surface area (Å²) in [5, 5.41) is 0. The van der Waals surface area contributed by atoms with Crippen molar-refractivity contribution < 1.29 is 27.4 Å². The summed E-state index contributed by atoms with van der Waals surface area (Å²) in [5.74, 6) is -0.115. The van der Waals surface area contributed by atoms with Crippen LogP contribution in [0.5, 0.6) is 11.5 Å². The minimum Gasteiger partial charge on any atom is -0.495 e. The minimum atomic E-state index is -4.37. The number of benzene rings is 2. The maximum atomic E-state index is 13.9. The summed E-state index contributed by atoms with van der Waals surface area (Å²) in [6.45, 7) is 2.31. The van der Waals surface area contributed by atoms with Crippen molar-refractivity contribution in [3.8, 4) is 11.5 Å². The van der Waals surface area contributed by atoms with E-state index in [0.29, 0.717) is 17.9 Å². The molecule has 2 aromatic carbocycles. The van der Waals surface area contributed by atoms with Gasteiger partial charge in [-0.25, -0.2) is 18.0 Å². The lowest BCUT2D eigenvalue weighted by Crippen LogP contribution is -2.31. The Kier molecular flexibility index (Phi) is 7.20. The van der Waals surface area contributed by atoms with Gasteiger partial charge in [0.05, 0.1) is 37.4 Å². The van der Waals surface area contributed by atoms with E-state index in [1.807, 2.05) is 6.92 Å². The van der Waals surface area contributed by atoms with Crippen molar-refractivity contribution in [3.05, 3.63) is 52.4 Å². The lowest BCUT2D eigenvalue weighted by molar-refractivity contribution is 0.0600. The zero-order valence-electron chi connectivity index (χ0n) is 20.2. The minimum absolute atomic E-state index is 0.0545. The Bertz CT molecular complexity index is 1400. The fourth-order valence-electron chi connectivity index (χ4n) is 4.75. The Morgan fingerprint density at radius 2 is 1.71 bits per heavy atom. The number of carbonyl (C=O) groups excluding carboxylic acids is 1. The van der Waals surface area contributed by atoms with Gasteiger partial charge in [-0.2, -0.15) is 3.97 Å². The fourth-order valence-corrected chi connectivity index (χ4v) is 6.29. The molecule has 1 fully saturated rings. The monoisotopic (exact) mass is 502 g/mol. The Balaban J connectivity index is 1.96. The van der Waals surface area contributed by atoms with Gasteiger partial charge in [-0.3, -0.25) is 4.57 Å². The number of aromatic nitrogens is 2. The van der Waals surface area contributed by atoms with Crippen LogP contribution in [0.2, 0.25) is 0 Å². The quantitative estimate of drug-likeness (QED) is 0.353. The number of esters is 1. The topological polar surface area (TPSA) is 106 Å². The molecule has 0 aliphatic heterocycles. The summed E-state index contributed by atoms with van der Waals surface area (Å²) in [6, 6.07) is 8.77. The van der Waals surface area contributed by atoms with E-state index < -0.39 is 21.7 Å². The highest BCUT2D eigenvalue weighted by Gasteiger charge is 2.31. The highest BCUT2D eigenvalue weighted by molar-refractivity contribution is 7.90. The SMILES string of the molecule is CCOc1ccc2c(c1)n(C1CCCCCC1)c(=O)n2S(=O)(=O)c1ccc(C(=O)OC)cc1OC. The summed E-state index contributed by atoms with van der Waals surface area (Å²) >= 11 is 0. The van der Waals surface area contributed by atoms with Crippen molar-refractivity contribution in [2.24, 2.45) is 0 Å². The predicted molar refractivity (Wildman–Crippen MR) is 131 cm³/mol. The summed E-state index contributed by atoms with van der Waals surface area (Å²) in [5.41, 5.74) is 0.293. The Hall–Kier alpha value is -3.27. The van der Waals surface area contributed by atoms with E-state index in [9.17, 15) is 18.0 Å². The van der Waals surface area contributed by atoms with Crippen LogP contribution in [-0.4, -0.2) is 43.8 Å². The summed E-state index contributed by atoms with van der Waals surface area (Å²) in [6.07, 6.45) is 5.74. The second-order valence-electron chi connectivity index (χ2n) is 8.51. The van der Waals surface area contributed by atoms with Crippen molar-refractivity contribution in [1.29, 1.82) is 0 Å². The molecule has 1 aliphatic carbocycles. The Morgan fingerprint density at radius 1 is 1.00 bits per heavy atom. The van der Waals surface area contributed by atoms with Crippen LogP contribution < -0.4 is 15.2 Å². The molecule has 0 spiro atoms. The smallest absolute Gasteiger partial charge is 0.343 e. The standard InChI is InChI=1S/C25H30N2O7S/c1-4-34-19-12-13-20-21(16-19)26(18-9-7-5-6-8-10-18)25(29)27(20)35(30,31)23-14-11-17(24(28)33-3)15-22(23)32-2/h11-16,18H,4-10H2,1-3H3. The molecule has 0 atom stereocenters. The second-order valence-corrected chi connectivity index (χ2v) is 10.3. The molecule has 4 rings (SSSR count). The first-order valence-electron chi connectivity index (χ1n) is 11.7. The van der Waals surface area contributed by atoms with Crippen LogP contribution in [0.1, 0.15) is 61.8 Å². The van der Waals surface area contributed by atoms with Gasteiger partial charge >= 0.3 is 11.7 Å². The first kappa shape index (κ1) is 24.8. The van der Waals surface area contributed by atoms with Crippen molar-refractivity contribution in [3.63, 3.8) is 0 Å². The third-order valence-electron chi connectivity index (χ3n) is 6.41. The van der Waals surface area contributed by atoms with Gasteiger partial charge in [0, 0.05) is 12.1 Å². The molecule has 10 heteroatoms. The van der Waals surface area contributed by atoms with Gasteiger partial charge in [0.1, 0.15) is 16.4 Å². The van der Waals surface area contributed by atoms with Crippen LogP contribution in [0.4, 0.5) is 0 Å². The van der Waals surface area contributed by atoms with E-state index >= 15 is 0 Å². The first-order chi connectivity index (χ1) is 16.8. The zero-order valence-corrected chi connectivity index (χ0v) is 21.0. The number of rotatable bonds is 7. The van der Waals surface area contributed by atoms with Crippen LogP contribution in [0, 0.1) is 0 Å². The maximum absolute atomic E-state index is 13.9. The van der Waals surface area contributed by atoms with Crippen molar-refractivity contribution in [2.45, 2.75) is 56.4 Å². The number of hydrogen-bond acceptors (Lipinski definition) is 7. The van der Waals surface area contributed by atoms with Crippen LogP contribution in [0.15, 0.2) is 46.1 Å². The molecule has 0 N–H and O–H groups in total. The third-order valence-corrected chi connectivity index (χ3v) is 8.14. The van der Waals surface area contributed by atoms with E-state index in [-0.39, 0.29) is 27.8 Å². The number of methoxy groups -OCH3 is 2. The highest BCUT2D eigenvalue weighted by atomic mass is 32.2. The van der Waals surface area contributed by atoms with Crippen LogP contribution in [0.3, 0.4) is 0 Å². The van der Waals surface area contributed by atoms with Crippen LogP contribution >= 0.6 is 0 Å². The molecule has 1 heterocycles. The highest BCUT2D eigenvalue weighted by Crippen LogP contribution is 2.33. The van der Waals surface area contributed by atoms with Crippen LogP contribution in [-0.2, 0) is 14.8 Å². The second kappa shape index (κ2) is 10.2. The van der Waals surface area contributed by atoms with Gasteiger partial charge in [-0.15, -0.1) is 0 Å². The number of ether oxygens (including phenoxy) is 3. The molecular formula is C25H30N2O7S. The van der Waals surface area contributed by atoms with E-state index in [2.05, 4.69) is 0 Å². The van der Waals surface area contributed by atoms with Gasteiger partial charge in [0.15, 0.2) is 0 Å². The number of fused-ring (bicyclic) bond motifs is 1. The van der Waals surface area contributed by atoms with Gasteiger partial charge in [-0.05, 0) is 50.1 Å². The molecular weight excluding hydrogens is 472 g/mol. The summed E-state index contributed by atoms with van der Waals surface area (Å²) < 4.78 is 45.9. The van der Waals surface area contributed by atoms with E-state index in [4.69, 9.17) is 14.2 Å². The molecule has 3 aromatic rings. The molecule has 1 aromatic heterocycles. The van der Waals surface area contributed by atoms with Gasteiger partial charge in [0.2, 0.25) is 0 Å². The molecule has 0 radical (unpaired) electrons. The average Bonchev–Trinajstić information content (AvgIpc) is 2.99. The van der Waals surface area contributed by atoms with Crippen molar-refractivity contribution >= 4 is 27.0 Å². The first-order valence-corrected chi connectivity index (χ1v) is 13.2. The molecule has 0 bridgehead atoms. The van der Waals surface area contributed by atoms with Gasteiger partial charge < -0.3 is 14.2 Å². The van der Waals surface area contributed by atoms with Crippen molar-refractivity contribution in [1.82, 2.24) is 8.54 Å². The Labute approximate surface area is 204 Å². The molecule has 0 amide bonds. The largest absolute Gasteiger partial charge is 0.495 e. The average molecular weight is 503 g/mol.